The number of hydrogen-bond acceptors (Lipinski definition) is 3. The number of carbonyl (C=O) groups is 1. The normalized spacial score (nSPS) is 18.7. The number of halogens is 1. The molecule has 0 spiro atoms. The zero-order valence-electron chi connectivity index (χ0n) is 17.1. The van der Waals surface area contributed by atoms with Crippen molar-refractivity contribution in [3.63, 3.8) is 0 Å². The molecule has 160 valence electrons. The van der Waals surface area contributed by atoms with Crippen LogP contribution >= 0.6 is 11.6 Å². The molecule has 1 aliphatic heterocycles. The summed E-state index contributed by atoms with van der Waals surface area (Å²) in [5, 5.41) is 3.68. The number of benzene rings is 2. The van der Waals surface area contributed by atoms with E-state index in [4.69, 9.17) is 11.6 Å². The van der Waals surface area contributed by atoms with Crippen molar-refractivity contribution in [2.75, 3.05) is 13.1 Å². The number of amides is 1. The Morgan fingerprint density at radius 3 is 2.57 bits per heavy atom. The summed E-state index contributed by atoms with van der Waals surface area (Å²) < 4.78 is 27.7. The SMILES string of the molecule is C[C@@H](NC(=O)C1CCN(S(=O)(=O)c2ccc3c(c2)CCC3)CC1)c1cccc(Cl)c1. The van der Waals surface area contributed by atoms with Crippen LogP contribution in [0.3, 0.4) is 0 Å². The van der Waals surface area contributed by atoms with E-state index in [1.54, 1.807) is 12.1 Å². The molecule has 5 nitrogen and oxygen atoms in total. The lowest BCUT2D eigenvalue weighted by Gasteiger charge is -2.31. The fourth-order valence-corrected chi connectivity index (χ4v) is 6.13. The number of piperidine rings is 1. The Morgan fingerprint density at radius 1 is 1.10 bits per heavy atom. The minimum atomic E-state index is -3.52. The quantitative estimate of drug-likeness (QED) is 0.751. The van der Waals surface area contributed by atoms with Crippen LogP contribution in [-0.4, -0.2) is 31.7 Å². The van der Waals surface area contributed by atoms with Crippen LogP contribution in [0.4, 0.5) is 0 Å². The predicted octanol–water partition coefficient (Wildman–Crippen LogP) is 4.11. The van der Waals surface area contributed by atoms with Crippen molar-refractivity contribution in [3.05, 3.63) is 64.2 Å². The fraction of sp³-hybridized carbons (Fsp3) is 0.435. The second-order valence-corrected chi connectivity index (χ2v) is 10.6. The molecule has 2 aromatic rings. The van der Waals surface area contributed by atoms with Gasteiger partial charge in [-0.05, 0) is 80.0 Å². The number of nitrogens with zero attached hydrogens (tertiary/aromatic N) is 1. The topological polar surface area (TPSA) is 66.5 Å². The molecule has 1 fully saturated rings. The van der Waals surface area contributed by atoms with Crippen molar-refractivity contribution in [1.29, 1.82) is 0 Å². The Bertz CT molecular complexity index is 1050. The molecule has 0 bridgehead atoms. The van der Waals surface area contributed by atoms with Gasteiger partial charge in [-0.3, -0.25) is 4.79 Å². The maximum absolute atomic E-state index is 13.1. The summed E-state index contributed by atoms with van der Waals surface area (Å²) in [5.74, 6) is -0.213. The molecule has 2 aromatic carbocycles. The van der Waals surface area contributed by atoms with E-state index in [2.05, 4.69) is 5.32 Å². The Morgan fingerprint density at radius 2 is 1.83 bits per heavy atom. The lowest BCUT2D eigenvalue weighted by atomic mass is 9.96. The monoisotopic (exact) mass is 446 g/mol. The molecule has 2 aliphatic rings. The van der Waals surface area contributed by atoms with Crippen LogP contribution in [0.2, 0.25) is 5.02 Å². The molecule has 0 saturated carbocycles. The highest BCUT2D eigenvalue weighted by molar-refractivity contribution is 7.89. The first-order chi connectivity index (χ1) is 14.3. The minimum Gasteiger partial charge on any atom is -0.349 e. The van der Waals surface area contributed by atoms with Gasteiger partial charge in [0.05, 0.1) is 10.9 Å². The number of hydrogen-bond donors (Lipinski definition) is 1. The maximum Gasteiger partial charge on any atom is 0.243 e. The van der Waals surface area contributed by atoms with Gasteiger partial charge in [-0.1, -0.05) is 29.8 Å². The van der Waals surface area contributed by atoms with E-state index in [9.17, 15) is 13.2 Å². The largest absolute Gasteiger partial charge is 0.349 e. The predicted molar refractivity (Wildman–Crippen MR) is 118 cm³/mol. The van der Waals surface area contributed by atoms with Crippen LogP contribution in [-0.2, 0) is 27.7 Å². The number of fused-ring (bicyclic) bond motifs is 1. The first-order valence-electron chi connectivity index (χ1n) is 10.5. The number of carbonyl (C=O) groups excluding carboxylic acids is 1. The molecule has 0 unspecified atom stereocenters. The standard InChI is InChI=1S/C23H27ClN2O3S/c1-16(19-5-3-7-21(24)14-19)25-23(27)18-10-12-26(13-11-18)30(28,29)22-9-8-17-4-2-6-20(17)15-22/h3,5,7-9,14-16,18H,2,4,6,10-13H2,1H3,(H,25,27)/t16-/m1/s1. The smallest absolute Gasteiger partial charge is 0.243 e. The Labute approximate surface area is 183 Å². The van der Waals surface area contributed by atoms with Crippen LogP contribution in [0.25, 0.3) is 0 Å². The highest BCUT2D eigenvalue weighted by Gasteiger charge is 2.33. The third kappa shape index (κ3) is 4.41. The Balaban J connectivity index is 1.36. The van der Waals surface area contributed by atoms with E-state index in [1.807, 2.05) is 37.3 Å². The summed E-state index contributed by atoms with van der Waals surface area (Å²) in [6, 6.07) is 12.8. The van der Waals surface area contributed by atoms with Gasteiger partial charge in [-0.2, -0.15) is 4.31 Å². The van der Waals surface area contributed by atoms with Gasteiger partial charge in [-0.15, -0.1) is 0 Å². The van der Waals surface area contributed by atoms with Gasteiger partial charge in [0.2, 0.25) is 15.9 Å². The van der Waals surface area contributed by atoms with Gasteiger partial charge < -0.3 is 5.32 Å². The van der Waals surface area contributed by atoms with E-state index in [0.29, 0.717) is 35.8 Å². The van der Waals surface area contributed by atoms with Crippen LogP contribution in [0, 0.1) is 5.92 Å². The summed E-state index contributed by atoms with van der Waals surface area (Å²) >= 11 is 6.04. The fourth-order valence-electron chi connectivity index (χ4n) is 4.41. The first kappa shape index (κ1) is 21.3. The third-order valence-corrected chi connectivity index (χ3v) is 8.37. The zero-order chi connectivity index (χ0) is 21.3. The molecule has 1 amide bonds. The molecule has 1 saturated heterocycles. The summed E-state index contributed by atoms with van der Waals surface area (Å²) in [6.07, 6.45) is 4.12. The average Bonchev–Trinajstić information content (AvgIpc) is 3.21. The molecule has 1 aliphatic carbocycles. The van der Waals surface area contributed by atoms with Crippen molar-refractivity contribution < 1.29 is 13.2 Å². The molecule has 4 rings (SSSR count). The van der Waals surface area contributed by atoms with Gasteiger partial charge in [0.1, 0.15) is 0 Å². The van der Waals surface area contributed by atoms with Gasteiger partial charge in [0.15, 0.2) is 0 Å². The second-order valence-electron chi connectivity index (χ2n) is 8.25. The third-order valence-electron chi connectivity index (χ3n) is 6.24. The van der Waals surface area contributed by atoms with Crippen molar-refractivity contribution in [2.24, 2.45) is 5.92 Å². The summed E-state index contributed by atoms with van der Waals surface area (Å²) in [7, 11) is -3.52. The molecule has 7 heteroatoms. The first-order valence-corrected chi connectivity index (χ1v) is 12.3. The van der Waals surface area contributed by atoms with Crippen molar-refractivity contribution in [2.45, 2.75) is 50.0 Å². The average molecular weight is 447 g/mol. The highest BCUT2D eigenvalue weighted by Crippen LogP contribution is 2.29. The van der Waals surface area contributed by atoms with E-state index in [1.165, 1.54) is 9.87 Å². The van der Waals surface area contributed by atoms with E-state index >= 15 is 0 Å². The number of rotatable bonds is 5. The van der Waals surface area contributed by atoms with E-state index in [-0.39, 0.29) is 17.9 Å². The maximum atomic E-state index is 13.1. The molecule has 30 heavy (non-hydrogen) atoms. The van der Waals surface area contributed by atoms with Crippen LogP contribution in [0.15, 0.2) is 47.4 Å². The second kappa shape index (κ2) is 8.69. The summed E-state index contributed by atoms with van der Waals surface area (Å²) in [6.45, 7) is 2.66. The van der Waals surface area contributed by atoms with Gasteiger partial charge in [0, 0.05) is 24.0 Å². The molecule has 1 heterocycles. The van der Waals surface area contributed by atoms with Gasteiger partial charge in [0.25, 0.3) is 0 Å². The lowest BCUT2D eigenvalue weighted by molar-refractivity contribution is -0.126. The van der Waals surface area contributed by atoms with Gasteiger partial charge in [-0.25, -0.2) is 8.42 Å². The number of sulfonamides is 1. The minimum absolute atomic E-state index is 0.0305. The summed E-state index contributed by atoms with van der Waals surface area (Å²) in [4.78, 5) is 13.1. The molecular weight excluding hydrogens is 420 g/mol. The Hall–Kier alpha value is -1.89. The van der Waals surface area contributed by atoms with E-state index in [0.717, 1.165) is 30.4 Å². The zero-order valence-corrected chi connectivity index (χ0v) is 18.7. The van der Waals surface area contributed by atoms with Crippen molar-refractivity contribution >= 4 is 27.5 Å². The molecule has 0 radical (unpaired) electrons. The van der Waals surface area contributed by atoms with Crippen molar-refractivity contribution in [1.82, 2.24) is 9.62 Å². The van der Waals surface area contributed by atoms with Crippen LogP contribution in [0.1, 0.15) is 48.9 Å². The molecule has 0 aromatic heterocycles. The van der Waals surface area contributed by atoms with E-state index < -0.39 is 10.0 Å². The van der Waals surface area contributed by atoms with Crippen LogP contribution < -0.4 is 5.32 Å². The van der Waals surface area contributed by atoms with Crippen molar-refractivity contribution in [3.8, 4) is 0 Å². The highest BCUT2D eigenvalue weighted by atomic mass is 35.5. The molecule has 1 N–H and O–H groups in total. The Kier molecular flexibility index (Phi) is 6.19. The lowest BCUT2D eigenvalue weighted by Crippen LogP contribution is -2.43. The van der Waals surface area contributed by atoms with Gasteiger partial charge >= 0.3 is 0 Å². The molecular formula is C23H27ClN2O3S. The number of nitrogens with one attached hydrogen (secondary N) is 1. The van der Waals surface area contributed by atoms with Crippen LogP contribution in [0.5, 0.6) is 0 Å². The molecule has 1 atom stereocenters. The number of aryl methyl sites for hydroxylation is 2. The summed E-state index contributed by atoms with van der Waals surface area (Å²) in [5.41, 5.74) is 3.37.